The molecule has 1 fully saturated rings. The molecule has 1 heterocycles. The van der Waals surface area contributed by atoms with E-state index in [0.29, 0.717) is 12.1 Å². The van der Waals surface area contributed by atoms with Crippen LogP contribution in [0.5, 0.6) is 0 Å². The number of imide groups is 1. The van der Waals surface area contributed by atoms with Crippen LogP contribution < -0.4 is 5.32 Å². The summed E-state index contributed by atoms with van der Waals surface area (Å²) in [6.45, 7) is 1.95. The van der Waals surface area contributed by atoms with Gasteiger partial charge in [0, 0.05) is 6.54 Å². The van der Waals surface area contributed by atoms with Crippen molar-refractivity contribution in [2.24, 2.45) is 0 Å². The molecule has 2 aromatic carbocycles. The maximum atomic E-state index is 12.3. The van der Waals surface area contributed by atoms with Gasteiger partial charge in [-0.05, 0) is 32.1 Å². The molecule has 1 aliphatic heterocycles. The van der Waals surface area contributed by atoms with Crippen LogP contribution >= 0.6 is 0 Å². The fraction of sp³-hybridized carbons (Fsp3) is 0.348. The first-order chi connectivity index (χ1) is 15.5. The van der Waals surface area contributed by atoms with E-state index in [2.05, 4.69) is 5.32 Å². The van der Waals surface area contributed by atoms with Crippen LogP contribution in [0.1, 0.15) is 24.5 Å². The summed E-state index contributed by atoms with van der Waals surface area (Å²) in [5.74, 6) is -1.25. The molecule has 0 aromatic heterocycles. The van der Waals surface area contributed by atoms with Gasteiger partial charge in [-0.3, -0.25) is 28.7 Å². The SMILES string of the molecule is C[C@H](C(=O)NCc1ccccc1)N1C(=O)CC(N(C)C)C1=O.O=S(=O)(O)Cc1ccccc1. The molecule has 9 nitrogen and oxygen atoms in total. The van der Waals surface area contributed by atoms with Crippen molar-refractivity contribution in [1.82, 2.24) is 15.1 Å². The Morgan fingerprint density at radius 3 is 2.03 bits per heavy atom. The highest BCUT2D eigenvalue weighted by molar-refractivity contribution is 7.85. The number of carbonyl (C=O) groups is 3. The Kier molecular flexibility index (Phi) is 9.27. The van der Waals surface area contributed by atoms with Crippen molar-refractivity contribution in [3.63, 3.8) is 0 Å². The molecule has 1 saturated heterocycles. The van der Waals surface area contributed by atoms with Crippen LogP contribution in [0.4, 0.5) is 0 Å². The van der Waals surface area contributed by atoms with Crippen LogP contribution in [0.15, 0.2) is 60.7 Å². The Labute approximate surface area is 194 Å². The molecule has 0 aliphatic carbocycles. The largest absolute Gasteiger partial charge is 0.350 e. The first-order valence-electron chi connectivity index (χ1n) is 10.3. The highest BCUT2D eigenvalue weighted by Gasteiger charge is 2.43. The molecule has 0 saturated carbocycles. The zero-order valence-electron chi connectivity index (χ0n) is 18.8. The molecule has 2 N–H and O–H groups in total. The minimum atomic E-state index is -3.88. The molecule has 0 spiro atoms. The minimum Gasteiger partial charge on any atom is -0.350 e. The summed E-state index contributed by atoms with van der Waals surface area (Å²) in [5, 5.41) is 2.76. The second-order valence-corrected chi connectivity index (χ2v) is 9.33. The van der Waals surface area contributed by atoms with E-state index < -0.39 is 22.2 Å². The van der Waals surface area contributed by atoms with Crippen molar-refractivity contribution in [3.05, 3.63) is 71.8 Å². The Bertz CT molecular complexity index is 1060. The summed E-state index contributed by atoms with van der Waals surface area (Å²) in [6, 6.07) is 16.7. The van der Waals surface area contributed by atoms with E-state index in [1.807, 2.05) is 30.3 Å². The fourth-order valence-corrected chi connectivity index (χ4v) is 3.89. The van der Waals surface area contributed by atoms with Crippen LogP contribution in [0.3, 0.4) is 0 Å². The van der Waals surface area contributed by atoms with Crippen molar-refractivity contribution < 1.29 is 27.4 Å². The number of rotatable bonds is 7. The summed E-state index contributed by atoms with van der Waals surface area (Å²) in [7, 11) is -0.378. The van der Waals surface area contributed by atoms with Crippen molar-refractivity contribution in [2.45, 2.75) is 37.7 Å². The number of benzene rings is 2. The standard InChI is InChI=1S/C16H21N3O3.C7H8O3S/c1-11(15(21)17-10-12-7-5-4-6-8-12)19-14(20)9-13(16(19)22)18(2)3;8-11(9,10)6-7-4-2-1-3-5-7/h4-8,11,13H,9-10H2,1-3H3,(H,17,21);1-5H,6H2,(H,8,9,10)/t11-,13?;/m1./s1. The zero-order chi connectivity index (χ0) is 24.6. The third-order valence-electron chi connectivity index (χ3n) is 5.05. The van der Waals surface area contributed by atoms with Gasteiger partial charge < -0.3 is 5.32 Å². The van der Waals surface area contributed by atoms with Gasteiger partial charge in [0.1, 0.15) is 11.8 Å². The molecule has 10 heteroatoms. The lowest BCUT2D eigenvalue weighted by atomic mass is 10.2. The van der Waals surface area contributed by atoms with E-state index >= 15 is 0 Å². The lowest BCUT2D eigenvalue weighted by Crippen LogP contribution is -2.49. The smallest absolute Gasteiger partial charge is 0.269 e. The predicted octanol–water partition coefficient (Wildman–Crippen LogP) is 1.45. The number of carbonyl (C=O) groups excluding carboxylic acids is 3. The molecular weight excluding hydrogens is 446 g/mol. The lowest BCUT2D eigenvalue weighted by molar-refractivity contribution is -0.147. The number of likely N-dealkylation sites (N-methyl/N-ethyl adjacent to an activating group) is 1. The van der Waals surface area contributed by atoms with Crippen LogP contribution in [0.2, 0.25) is 0 Å². The topological polar surface area (TPSA) is 124 Å². The summed E-state index contributed by atoms with van der Waals surface area (Å²) in [4.78, 5) is 39.3. The molecule has 1 unspecified atom stereocenters. The fourth-order valence-electron chi connectivity index (χ4n) is 3.28. The predicted molar refractivity (Wildman–Crippen MR) is 123 cm³/mol. The van der Waals surface area contributed by atoms with Crippen molar-refractivity contribution in [3.8, 4) is 0 Å². The molecule has 33 heavy (non-hydrogen) atoms. The lowest BCUT2D eigenvalue weighted by Gasteiger charge is -2.23. The van der Waals surface area contributed by atoms with Gasteiger partial charge in [0.25, 0.3) is 10.1 Å². The van der Waals surface area contributed by atoms with Gasteiger partial charge in [0.15, 0.2) is 0 Å². The Morgan fingerprint density at radius 1 is 1.06 bits per heavy atom. The van der Waals surface area contributed by atoms with E-state index in [9.17, 15) is 22.8 Å². The Hall–Kier alpha value is -3.08. The second kappa shape index (κ2) is 11.7. The van der Waals surface area contributed by atoms with Gasteiger partial charge in [-0.2, -0.15) is 8.42 Å². The number of nitrogens with zero attached hydrogens (tertiary/aromatic N) is 2. The quantitative estimate of drug-likeness (QED) is 0.459. The molecule has 178 valence electrons. The van der Waals surface area contributed by atoms with Gasteiger partial charge >= 0.3 is 0 Å². The molecular formula is C23H29N3O6S. The number of likely N-dealkylation sites (tertiary alicyclic amines) is 1. The van der Waals surface area contributed by atoms with Crippen molar-refractivity contribution in [1.29, 1.82) is 0 Å². The minimum absolute atomic E-state index is 0.127. The Balaban J connectivity index is 0.000000294. The zero-order valence-corrected chi connectivity index (χ0v) is 19.7. The Morgan fingerprint density at radius 2 is 1.58 bits per heavy atom. The van der Waals surface area contributed by atoms with Crippen molar-refractivity contribution >= 4 is 27.8 Å². The average molecular weight is 476 g/mol. The maximum Gasteiger partial charge on any atom is 0.269 e. The maximum absolute atomic E-state index is 12.3. The summed E-state index contributed by atoms with van der Waals surface area (Å²) in [6.07, 6.45) is 0.127. The van der Waals surface area contributed by atoms with E-state index in [1.54, 1.807) is 56.3 Å². The van der Waals surface area contributed by atoms with E-state index in [-0.39, 0.29) is 29.9 Å². The summed E-state index contributed by atoms with van der Waals surface area (Å²) >= 11 is 0. The third-order valence-corrected chi connectivity index (χ3v) is 5.75. The highest BCUT2D eigenvalue weighted by atomic mass is 32.2. The van der Waals surface area contributed by atoms with Gasteiger partial charge in [0.05, 0.1) is 12.5 Å². The number of amides is 3. The number of nitrogens with one attached hydrogen (secondary N) is 1. The second-order valence-electron chi connectivity index (χ2n) is 7.88. The van der Waals surface area contributed by atoms with Gasteiger partial charge in [-0.1, -0.05) is 60.7 Å². The molecule has 2 aromatic rings. The van der Waals surface area contributed by atoms with Crippen LogP contribution in [0.25, 0.3) is 0 Å². The summed E-state index contributed by atoms with van der Waals surface area (Å²) in [5.41, 5.74) is 1.56. The molecule has 3 rings (SSSR count). The number of hydrogen-bond donors (Lipinski definition) is 2. The summed E-state index contributed by atoms with van der Waals surface area (Å²) < 4.78 is 29.2. The first-order valence-corrected chi connectivity index (χ1v) is 11.9. The third kappa shape index (κ3) is 8.08. The molecule has 0 radical (unpaired) electrons. The normalized spacial score (nSPS) is 16.9. The van der Waals surface area contributed by atoms with Gasteiger partial charge in [0.2, 0.25) is 17.7 Å². The highest BCUT2D eigenvalue weighted by Crippen LogP contribution is 2.19. The average Bonchev–Trinajstić information content (AvgIpc) is 3.06. The monoisotopic (exact) mass is 475 g/mol. The molecule has 3 amide bonds. The van der Waals surface area contributed by atoms with Gasteiger partial charge in [-0.25, -0.2) is 0 Å². The first kappa shape index (κ1) is 26.2. The van der Waals surface area contributed by atoms with E-state index in [1.165, 1.54) is 0 Å². The molecule has 1 aliphatic rings. The number of hydrogen-bond acceptors (Lipinski definition) is 6. The van der Waals surface area contributed by atoms with Crippen LogP contribution in [-0.4, -0.2) is 66.7 Å². The van der Waals surface area contributed by atoms with Crippen molar-refractivity contribution in [2.75, 3.05) is 14.1 Å². The van der Waals surface area contributed by atoms with Crippen LogP contribution in [0, 0.1) is 0 Å². The van der Waals surface area contributed by atoms with Gasteiger partial charge in [-0.15, -0.1) is 0 Å². The van der Waals surface area contributed by atoms with Crippen LogP contribution in [-0.2, 0) is 36.8 Å². The molecule has 0 bridgehead atoms. The molecule has 2 atom stereocenters. The van der Waals surface area contributed by atoms with E-state index in [0.717, 1.165) is 10.5 Å². The van der Waals surface area contributed by atoms with E-state index in [4.69, 9.17) is 4.55 Å².